The second-order valence-electron chi connectivity index (χ2n) is 3.67. The molecule has 3 rings (SSSR count). The number of hydrogen-bond donors (Lipinski definition) is 0. The van der Waals surface area contributed by atoms with Gasteiger partial charge in [0.25, 0.3) is 0 Å². The highest BCUT2D eigenvalue weighted by Crippen LogP contribution is 2.38. The minimum Gasteiger partial charge on any atom is -0.292 e. The fourth-order valence-electron chi connectivity index (χ4n) is 1.81. The highest BCUT2D eigenvalue weighted by atomic mass is 79.9. The Morgan fingerprint density at radius 1 is 1.38 bits per heavy atom. The molecule has 0 amide bonds. The van der Waals surface area contributed by atoms with E-state index < -0.39 is 0 Å². The third kappa shape index (κ3) is 1.67. The molecule has 2 nitrogen and oxygen atoms in total. The van der Waals surface area contributed by atoms with Gasteiger partial charge in [-0.15, -0.1) is 22.7 Å². The lowest BCUT2D eigenvalue weighted by atomic mass is 10.0. The molecular weight excluding hydrogens is 306 g/mol. The van der Waals surface area contributed by atoms with Gasteiger partial charge in [0.2, 0.25) is 0 Å². The Morgan fingerprint density at radius 2 is 2.25 bits per heavy atom. The lowest BCUT2D eigenvalue weighted by molar-refractivity contribution is 0.0968. The van der Waals surface area contributed by atoms with E-state index in [1.165, 1.54) is 0 Å². The largest absolute Gasteiger partial charge is 0.292 e. The number of rotatable bonds is 1. The van der Waals surface area contributed by atoms with Gasteiger partial charge in [0, 0.05) is 15.8 Å². The molecule has 2 heterocycles. The van der Waals surface area contributed by atoms with Gasteiger partial charge in [0.15, 0.2) is 5.78 Å². The van der Waals surface area contributed by atoms with Crippen LogP contribution in [-0.4, -0.2) is 10.8 Å². The molecule has 82 valence electrons. The van der Waals surface area contributed by atoms with Crippen LogP contribution in [0.15, 0.2) is 15.9 Å². The van der Waals surface area contributed by atoms with Crippen LogP contribution in [0.5, 0.6) is 0 Å². The average molecular weight is 314 g/mol. The zero-order valence-electron chi connectivity index (χ0n) is 8.33. The Morgan fingerprint density at radius 3 is 2.94 bits per heavy atom. The molecule has 0 N–H and O–H groups in total. The van der Waals surface area contributed by atoms with E-state index in [0.29, 0.717) is 12.1 Å². The summed E-state index contributed by atoms with van der Waals surface area (Å²) in [5.74, 6) is 0.205. The summed E-state index contributed by atoms with van der Waals surface area (Å²) < 4.78 is 1.07. The molecule has 0 saturated heterocycles. The van der Waals surface area contributed by atoms with Gasteiger partial charge in [-0.05, 0) is 40.2 Å². The number of carbonyl (C=O) groups is 1. The minimum absolute atomic E-state index is 0.205. The summed E-state index contributed by atoms with van der Waals surface area (Å²) in [5.41, 5.74) is 0.714. The normalized spacial score (nSPS) is 15.2. The summed E-state index contributed by atoms with van der Waals surface area (Å²) in [4.78, 5) is 18.5. The minimum atomic E-state index is 0.205. The second-order valence-corrected chi connectivity index (χ2v) is 6.52. The van der Waals surface area contributed by atoms with E-state index in [1.807, 2.05) is 11.4 Å². The van der Waals surface area contributed by atoms with Gasteiger partial charge in [-0.2, -0.15) is 0 Å². The van der Waals surface area contributed by atoms with Gasteiger partial charge in [0.1, 0.15) is 10.7 Å². The van der Waals surface area contributed by atoms with Crippen LogP contribution < -0.4 is 0 Å². The van der Waals surface area contributed by atoms with Crippen LogP contribution >= 0.6 is 38.6 Å². The van der Waals surface area contributed by atoms with Crippen LogP contribution in [0.25, 0.3) is 9.88 Å². The summed E-state index contributed by atoms with van der Waals surface area (Å²) in [5, 5.41) is 3.00. The van der Waals surface area contributed by atoms with Crippen molar-refractivity contribution in [1.82, 2.24) is 4.98 Å². The first-order valence-corrected chi connectivity index (χ1v) is 7.51. The maximum atomic E-state index is 11.7. The van der Waals surface area contributed by atoms with Crippen molar-refractivity contribution in [2.24, 2.45) is 0 Å². The van der Waals surface area contributed by atoms with E-state index in [-0.39, 0.29) is 5.78 Å². The van der Waals surface area contributed by atoms with Gasteiger partial charge in [-0.25, -0.2) is 4.98 Å². The third-order valence-electron chi connectivity index (χ3n) is 2.58. The van der Waals surface area contributed by atoms with Crippen LogP contribution in [0.2, 0.25) is 0 Å². The van der Waals surface area contributed by atoms with E-state index in [2.05, 4.69) is 20.9 Å². The standard InChI is InChI=1S/C11H8BrNOS2/c12-6-4-5-15-10(6)11-13-9-7(14)2-1-3-8(9)16-11/h4-5H,1-3H2. The van der Waals surface area contributed by atoms with Crippen molar-refractivity contribution in [2.45, 2.75) is 19.3 Å². The molecule has 0 radical (unpaired) electrons. The molecule has 0 unspecified atom stereocenters. The number of halogens is 1. The summed E-state index contributed by atoms with van der Waals surface area (Å²) >= 11 is 6.82. The Hall–Kier alpha value is -0.520. The second kappa shape index (κ2) is 4.05. The summed E-state index contributed by atoms with van der Waals surface area (Å²) in [7, 11) is 0. The smallest absolute Gasteiger partial charge is 0.182 e. The number of nitrogens with zero attached hydrogens (tertiary/aromatic N) is 1. The Kier molecular flexibility index (Phi) is 2.69. The predicted molar refractivity (Wildman–Crippen MR) is 70.4 cm³/mol. The molecule has 2 aromatic heterocycles. The average Bonchev–Trinajstić information content (AvgIpc) is 2.84. The molecule has 1 aliphatic carbocycles. The van der Waals surface area contributed by atoms with Crippen LogP contribution in [0.1, 0.15) is 28.2 Å². The van der Waals surface area contributed by atoms with E-state index >= 15 is 0 Å². The summed E-state index contributed by atoms with van der Waals surface area (Å²) in [6, 6.07) is 2.02. The maximum absolute atomic E-state index is 11.7. The first kappa shape index (κ1) is 10.6. The Labute approximate surface area is 109 Å². The Balaban J connectivity index is 2.11. The molecule has 0 spiro atoms. The van der Waals surface area contributed by atoms with Crippen LogP contribution in [0.4, 0.5) is 0 Å². The number of aromatic nitrogens is 1. The molecular formula is C11H8BrNOS2. The predicted octanol–water partition coefficient (Wildman–Crippen LogP) is 4.15. The zero-order chi connectivity index (χ0) is 11.1. The quantitative estimate of drug-likeness (QED) is 0.791. The van der Waals surface area contributed by atoms with Crippen molar-refractivity contribution in [3.8, 4) is 9.88 Å². The van der Waals surface area contributed by atoms with Crippen molar-refractivity contribution in [2.75, 3.05) is 0 Å². The topological polar surface area (TPSA) is 30.0 Å². The van der Waals surface area contributed by atoms with E-state index in [9.17, 15) is 4.79 Å². The van der Waals surface area contributed by atoms with E-state index in [4.69, 9.17) is 0 Å². The first-order chi connectivity index (χ1) is 7.75. The Bertz CT molecular complexity index is 558. The fourth-order valence-corrected chi connectivity index (χ4v) is 4.73. The molecule has 16 heavy (non-hydrogen) atoms. The highest BCUT2D eigenvalue weighted by molar-refractivity contribution is 9.10. The van der Waals surface area contributed by atoms with Gasteiger partial charge in [0.05, 0.1) is 4.88 Å². The lowest BCUT2D eigenvalue weighted by Gasteiger charge is -2.06. The number of carbonyl (C=O) groups excluding carboxylic acids is 1. The van der Waals surface area contributed by atoms with Gasteiger partial charge in [-0.3, -0.25) is 4.79 Å². The van der Waals surface area contributed by atoms with Crippen molar-refractivity contribution in [3.05, 3.63) is 26.5 Å². The molecule has 0 aliphatic heterocycles. The molecule has 0 atom stereocenters. The SMILES string of the molecule is O=C1CCCc2sc(-c3sccc3Br)nc21. The lowest BCUT2D eigenvalue weighted by Crippen LogP contribution is -2.08. The van der Waals surface area contributed by atoms with Crippen molar-refractivity contribution in [3.63, 3.8) is 0 Å². The van der Waals surface area contributed by atoms with Gasteiger partial charge < -0.3 is 0 Å². The van der Waals surface area contributed by atoms with Crippen LogP contribution in [-0.2, 0) is 6.42 Å². The maximum Gasteiger partial charge on any atom is 0.182 e. The number of fused-ring (bicyclic) bond motifs is 1. The van der Waals surface area contributed by atoms with Gasteiger partial charge in [-0.1, -0.05) is 0 Å². The van der Waals surface area contributed by atoms with Crippen molar-refractivity contribution < 1.29 is 4.79 Å². The number of hydrogen-bond acceptors (Lipinski definition) is 4. The number of thiazole rings is 1. The zero-order valence-corrected chi connectivity index (χ0v) is 11.5. The van der Waals surface area contributed by atoms with E-state index in [0.717, 1.165) is 32.1 Å². The van der Waals surface area contributed by atoms with E-state index in [1.54, 1.807) is 22.7 Å². The fraction of sp³-hybridized carbons (Fsp3) is 0.273. The number of ketones is 1. The molecule has 0 aromatic carbocycles. The summed E-state index contributed by atoms with van der Waals surface area (Å²) in [6.07, 6.45) is 2.63. The third-order valence-corrected chi connectivity index (χ3v) is 5.69. The summed E-state index contributed by atoms with van der Waals surface area (Å²) in [6.45, 7) is 0. The van der Waals surface area contributed by atoms with Gasteiger partial charge >= 0.3 is 0 Å². The first-order valence-electron chi connectivity index (χ1n) is 5.02. The molecule has 1 aliphatic rings. The molecule has 0 bridgehead atoms. The van der Waals surface area contributed by atoms with Crippen molar-refractivity contribution in [1.29, 1.82) is 0 Å². The molecule has 2 aromatic rings. The number of aryl methyl sites for hydroxylation is 1. The molecule has 0 saturated carbocycles. The molecule has 5 heteroatoms. The number of Topliss-reactive ketones (excluding diaryl/α,β-unsaturated/α-hetero) is 1. The number of thiophene rings is 1. The monoisotopic (exact) mass is 313 g/mol. The van der Waals surface area contributed by atoms with Crippen LogP contribution in [0.3, 0.4) is 0 Å². The highest BCUT2D eigenvalue weighted by Gasteiger charge is 2.23. The molecule has 0 fully saturated rings. The van der Waals surface area contributed by atoms with Crippen LogP contribution in [0, 0.1) is 0 Å². The van der Waals surface area contributed by atoms with Crippen molar-refractivity contribution >= 4 is 44.4 Å².